The van der Waals surface area contributed by atoms with E-state index in [1.165, 1.54) is 5.56 Å². The summed E-state index contributed by atoms with van der Waals surface area (Å²) in [6.07, 6.45) is 0. The zero-order valence-corrected chi connectivity index (χ0v) is 15.2. The van der Waals surface area contributed by atoms with E-state index in [-0.39, 0.29) is 5.91 Å². The van der Waals surface area contributed by atoms with Crippen molar-refractivity contribution in [3.63, 3.8) is 0 Å². The lowest BCUT2D eigenvalue weighted by Gasteiger charge is -2.32. The Bertz CT molecular complexity index is 781. The number of rotatable bonds is 5. The smallest absolute Gasteiger partial charge is 0.255 e. The summed E-state index contributed by atoms with van der Waals surface area (Å²) in [5, 5.41) is 5.79. The number of piperazine rings is 1. The molecule has 6 nitrogen and oxygen atoms in total. The van der Waals surface area contributed by atoms with Gasteiger partial charge in [-0.15, -0.1) is 4.91 Å². The van der Waals surface area contributed by atoms with Gasteiger partial charge in [-0.2, -0.15) is 0 Å². The lowest BCUT2D eigenvalue weighted by atomic mass is 10.1. The number of benzene rings is 2. The van der Waals surface area contributed by atoms with E-state index in [0.29, 0.717) is 16.9 Å². The number of hydrogen-bond acceptors (Lipinski definition) is 5. The van der Waals surface area contributed by atoms with Gasteiger partial charge in [0.15, 0.2) is 0 Å². The van der Waals surface area contributed by atoms with E-state index in [1.54, 1.807) is 25.1 Å². The minimum atomic E-state index is -0.197. The number of nitrogens with one attached hydrogen (secondary N) is 1. The van der Waals surface area contributed by atoms with Crippen LogP contribution in [0, 0.1) is 11.8 Å². The third kappa shape index (κ3) is 4.53. The van der Waals surface area contributed by atoms with Crippen LogP contribution in [-0.4, -0.2) is 48.9 Å². The van der Waals surface area contributed by atoms with Crippen LogP contribution in [0.4, 0.5) is 11.4 Å². The van der Waals surface area contributed by atoms with Crippen LogP contribution in [0.25, 0.3) is 0 Å². The van der Waals surface area contributed by atoms with E-state index in [9.17, 15) is 9.70 Å². The molecule has 1 saturated heterocycles. The molecule has 0 unspecified atom stereocenters. The molecular weight excluding hydrogens is 328 g/mol. The van der Waals surface area contributed by atoms with Crippen LogP contribution in [0.15, 0.2) is 47.6 Å². The molecule has 26 heavy (non-hydrogen) atoms. The van der Waals surface area contributed by atoms with Gasteiger partial charge in [-0.3, -0.25) is 9.69 Å². The fraction of sp³-hybridized carbons (Fsp3) is 0.350. The number of nitroso groups, excluding NO2 is 1. The molecule has 0 aromatic heterocycles. The first-order valence-corrected chi connectivity index (χ1v) is 8.80. The number of carbonyl (C=O) groups is 1. The number of likely N-dealkylation sites (N-methyl/N-ethyl adjacent to an activating group) is 1. The Labute approximate surface area is 153 Å². The third-order valence-electron chi connectivity index (χ3n) is 4.78. The average molecular weight is 352 g/mol. The van der Waals surface area contributed by atoms with Gasteiger partial charge in [0, 0.05) is 44.0 Å². The zero-order chi connectivity index (χ0) is 18.5. The van der Waals surface area contributed by atoms with E-state index in [1.807, 2.05) is 24.3 Å². The van der Waals surface area contributed by atoms with Crippen LogP contribution in [0.5, 0.6) is 0 Å². The van der Waals surface area contributed by atoms with Crippen molar-refractivity contribution in [1.29, 1.82) is 0 Å². The summed E-state index contributed by atoms with van der Waals surface area (Å²) in [6, 6.07) is 12.8. The molecule has 1 heterocycles. The molecule has 0 atom stereocenters. The highest BCUT2D eigenvalue weighted by Gasteiger charge is 2.14. The molecule has 136 valence electrons. The third-order valence-corrected chi connectivity index (χ3v) is 4.78. The topological polar surface area (TPSA) is 65.0 Å². The van der Waals surface area contributed by atoms with Crippen LogP contribution >= 0.6 is 0 Å². The number of aryl methyl sites for hydroxylation is 1. The van der Waals surface area contributed by atoms with Crippen molar-refractivity contribution in [2.75, 3.05) is 38.5 Å². The van der Waals surface area contributed by atoms with Gasteiger partial charge in [-0.1, -0.05) is 18.2 Å². The lowest BCUT2D eigenvalue weighted by molar-refractivity contribution is 0.102. The predicted molar refractivity (Wildman–Crippen MR) is 104 cm³/mol. The van der Waals surface area contributed by atoms with Crippen molar-refractivity contribution in [1.82, 2.24) is 9.80 Å². The Morgan fingerprint density at radius 3 is 2.42 bits per heavy atom. The fourth-order valence-corrected chi connectivity index (χ4v) is 3.01. The Hall–Kier alpha value is -2.57. The SMILES string of the molecule is Cc1ccc(NC(=O)c2ccc(CN3CCN(C)CC3)cc2)cc1N=O. The number of hydrogen-bond donors (Lipinski definition) is 1. The van der Waals surface area contributed by atoms with E-state index < -0.39 is 0 Å². The highest BCUT2D eigenvalue weighted by atomic mass is 16.3. The zero-order valence-electron chi connectivity index (χ0n) is 15.2. The highest BCUT2D eigenvalue weighted by molar-refractivity contribution is 6.04. The van der Waals surface area contributed by atoms with Gasteiger partial charge >= 0.3 is 0 Å². The molecular formula is C20H24N4O2. The van der Waals surface area contributed by atoms with E-state index in [0.717, 1.165) is 38.3 Å². The summed E-state index contributed by atoms with van der Waals surface area (Å²) in [5.41, 5.74) is 3.48. The van der Waals surface area contributed by atoms with Crippen LogP contribution in [0.3, 0.4) is 0 Å². The molecule has 1 aliphatic rings. The van der Waals surface area contributed by atoms with Crippen molar-refractivity contribution in [2.45, 2.75) is 13.5 Å². The first kappa shape index (κ1) is 18.2. The highest BCUT2D eigenvalue weighted by Crippen LogP contribution is 2.23. The van der Waals surface area contributed by atoms with Crippen LogP contribution < -0.4 is 5.32 Å². The Morgan fingerprint density at radius 1 is 1.08 bits per heavy atom. The standard InChI is InChI=1S/C20H24N4O2/c1-15-3-8-18(13-19(15)22-26)21-20(25)17-6-4-16(5-7-17)14-24-11-9-23(2)10-12-24/h3-8,13H,9-12,14H2,1-2H3,(H,21,25). The van der Waals surface area contributed by atoms with Crippen LogP contribution in [0.2, 0.25) is 0 Å². The van der Waals surface area contributed by atoms with Gasteiger partial charge in [0.2, 0.25) is 0 Å². The fourth-order valence-electron chi connectivity index (χ4n) is 3.01. The number of amides is 1. The van der Waals surface area contributed by atoms with Gasteiger partial charge < -0.3 is 10.2 Å². The Morgan fingerprint density at radius 2 is 1.77 bits per heavy atom. The van der Waals surface area contributed by atoms with E-state index in [4.69, 9.17) is 0 Å². The van der Waals surface area contributed by atoms with Crippen LogP contribution in [-0.2, 0) is 6.54 Å². The molecule has 3 rings (SSSR count). The normalized spacial score (nSPS) is 15.6. The largest absolute Gasteiger partial charge is 0.322 e. The first-order chi connectivity index (χ1) is 12.5. The summed E-state index contributed by atoms with van der Waals surface area (Å²) < 4.78 is 0. The van der Waals surface area contributed by atoms with Gasteiger partial charge in [0.1, 0.15) is 5.69 Å². The molecule has 0 radical (unpaired) electrons. The number of nitrogens with zero attached hydrogens (tertiary/aromatic N) is 3. The first-order valence-electron chi connectivity index (χ1n) is 8.80. The minimum absolute atomic E-state index is 0.197. The average Bonchev–Trinajstić information content (AvgIpc) is 2.65. The maximum atomic E-state index is 12.4. The minimum Gasteiger partial charge on any atom is -0.322 e. The molecule has 6 heteroatoms. The number of carbonyl (C=O) groups excluding carboxylic acids is 1. The molecule has 1 amide bonds. The second-order valence-corrected chi connectivity index (χ2v) is 6.82. The molecule has 0 bridgehead atoms. The van der Waals surface area contributed by atoms with Crippen molar-refractivity contribution in [2.24, 2.45) is 5.18 Å². The molecule has 1 aliphatic heterocycles. The van der Waals surface area contributed by atoms with Crippen molar-refractivity contribution in [3.05, 3.63) is 64.1 Å². The quantitative estimate of drug-likeness (QED) is 0.838. The predicted octanol–water partition coefficient (Wildman–Crippen LogP) is 3.39. The van der Waals surface area contributed by atoms with E-state index >= 15 is 0 Å². The van der Waals surface area contributed by atoms with Gasteiger partial charge in [0.25, 0.3) is 5.91 Å². The van der Waals surface area contributed by atoms with Gasteiger partial charge in [-0.05, 0) is 54.5 Å². The monoisotopic (exact) mass is 352 g/mol. The van der Waals surface area contributed by atoms with Gasteiger partial charge in [-0.25, -0.2) is 0 Å². The van der Waals surface area contributed by atoms with Gasteiger partial charge in [0.05, 0.1) is 0 Å². The van der Waals surface area contributed by atoms with Crippen molar-refractivity contribution < 1.29 is 4.79 Å². The summed E-state index contributed by atoms with van der Waals surface area (Å²) in [5.74, 6) is -0.197. The van der Waals surface area contributed by atoms with Crippen molar-refractivity contribution in [3.8, 4) is 0 Å². The molecule has 1 fully saturated rings. The lowest BCUT2D eigenvalue weighted by Crippen LogP contribution is -2.43. The number of anilines is 1. The molecule has 1 N–H and O–H groups in total. The molecule has 0 saturated carbocycles. The molecule has 2 aromatic rings. The Kier molecular flexibility index (Phi) is 5.75. The Balaban J connectivity index is 1.61. The second-order valence-electron chi connectivity index (χ2n) is 6.82. The molecule has 0 aliphatic carbocycles. The summed E-state index contributed by atoms with van der Waals surface area (Å²) in [4.78, 5) is 27.9. The van der Waals surface area contributed by atoms with Crippen molar-refractivity contribution >= 4 is 17.3 Å². The molecule has 0 spiro atoms. The molecule has 2 aromatic carbocycles. The second kappa shape index (κ2) is 8.21. The summed E-state index contributed by atoms with van der Waals surface area (Å²) in [7, 11) is 2.15. The maximum absolute atomic E-state index is 12.4. The van der Waals surface area contributed by atoms with Crippen LogP contribution in [0.1, 0.15) is 21.5 Å². The summed E-state index contributed by atoms with van der Waals surface area (Å²) in [6.45, 7) is 7.03. The maximum Gasteiger partial charge on any atom is 0.255 e. The summed E-state index contributed by atoms with van der Waals surface area (Å²) >= 11 is 0. The van der Waals surface area contributed by atoms with E-state index in [2.05, 4.69) is 27.3 Å².